The van der Waals surface area contributed by atoms with Gasteiger partial charge in [-0.1, -0.05) is 24.3 Å². The molecule has 0 saturated heterocycles. The molecule has 0 aliphatic carbocycles. The van der Waals surface area contributed by atoms with Crippen LogP contribution in [0.3, 0.4) is 0 Å². The molecule has 3 heterocycles. The maximum Gasteiger partial charge on any atom is 0.171 e. The van der Waals surface area contributed by atoms with Gasteiger partial charge in [0, 0.05) is 23.5 Å². The van der Waals surface area contributed by atoms with Gasteiger partial charge in [0.05, 0.1) is 10.4 Å². The molecule has 0 unspecified atom stereocenters. The predicted octanol–water partition coefficient (Wildman–Crippen LogP) is 4.33. The molecule has 0 radical (unpaired) electrons. The molecule has 0 aliphatic rings. The zero-order valence-electron chi connectivity index (χ0n) is 11.1. The predicted molar refractivity (Wildman–Crippen MR) is 84.0 cm³/mol. The van der Waals surface area contributed by atoms with Crippen molar-refractivity contribution >= 4 is 33.3 Å². The lowest BCUT2D eigenvalue weighted by molar-refractivity contribution is 0.815. The molecule has 0 bridgehead atoms. The van der Waals surface area contributed by atoms with Crippen molar-refractivity contribution in [1.82, 2.24) is 14.5 Å². The van der Waals surface area contributed by atoms with Crippen LogP contribution in [0.4, 0.5) is 0 Å². The highest BCUT2D eigenvalue weighted by Crippen LogP contribution is 2.29. The normalized spacial score (nSPS) is 11.4. The molecule has 0 spiro atoms. The average molecular weight is 279 g/mol. The topological polar surface area (TPSA) is 30.7 Å². The molecule has 3 aromatic heterocycles. The van der Waals surface area contributed by atoms with E-state index in [9.17, 15) is 0 Å². The van der Waals surface area contributed by atoms with Crippen LogP contribution >= 0.6 is 11.3 Å². The first-order chi connectivity index (χ1) is 9.88. The molecule has 0 saturated carbocycles. The highest BCUT2D eigenvalue weighted by atomic mass is 32.1. The number of aromatic nitrogens is 3. The van der Waals surface area contributed by atoms with E-state index in [0.29, 0.717) is 0 Å². The van der Waals surface area contributed by atoms with E-state index < -0.39 is 0 Å². The Hall–Kier alpha value is -2.20. The number of aryl methyl sites for hydroxylation is 1. The van der Waals surface area contributed by atoms with Crippen LogP contribution in [0.1, 0.15) is 6.92 Å². The van der Waals surface area contributed by atoms with Gasteiger partial charge in [-0.2, -0.15) is 0 Å². The lowest BCUT2D eigenvalue weighted by Crippen LogP contribution is -1.96. The smallest absolute Gasteiger partial charge is 0.171 e. The van der Waals surface area contributed by atoms with Gasteiger partial charge in [0.2, 0.25) is 0 Å². The third-order valence-electron chi connectivity index (χ3n) is 3.57. The van der Waals surface area contributed by atoms with Crippen LogP contribution < -0.4 is 0 Å². The minimum atomic E-state index is 0.810. The zero-order chi connectivity index (χ0) is 13.5. The van der Waals surface area contributed by atoms with Crippen LogP contribution in [-0.4, -0.2) is 14.5 Å². The molecule has 98 valence electrons. The summed E-state index contributed by atoms with van der Waals surface area (Å²) in [4.78, 5) is 10.4. The van der Waals surface area contributed by atoms with E-state index in [1.165, 1.54) is 10.9 Å². The number of hydrogen-bond acceptors (Lipinski definition) is 3. The summed E-state index contributed by atoms with van der Waals surface area (Å²) < 4.78 is 2.25. The van der Waals surface area contributed by atoms with Crippen LogP contribution in [0.25, 0.3) is 32.6 Å². The van der Waals surface area contributed by atoms with E-state index in [0.717, 1.165) is 28.3 Å². The molecular weight excluding hydrogens is 266 g/mol. The van der Waals surface area contributed by atoms with E-state index in [-0.39, 0.29) is 0 Å². The Morgan fingerprint density at radius 3 is 2.80 bits per heavy atom. The fraction of sp³-hybridized carbons (Fsp3) is 0.125. The van der Waals surface area contributed by atoms with E-state index in [1.807, 2.05) is 12.3 Å². The molecule has 0 amide bonds. The van der Waals surface area contributed by atoms with Crippen molar-refractivity contribution in [1.29, 1.82) is 0 Å². The second-order valence-corrected chi connectivity index (χ2v) is 5.62. The molecule has 0 N–H and O–H groups in total. The van der Waals surface area contributed by atoms with Crippen LogP contribution in [0.2, 0.25) is 0 Å². The Kier molecular flexibility index (Phi) is 2.57. The molecule has 0 fully saturated rings. The molecule has 3 nitrogen and oxygen atoms in total. The van der Waals surface area contributed by atoms with E-state index in [1.54, 1.807) is 11.3 Å². The minimum Gasteiger partial charge on any atom is -0.325 e. The summed E-state index contributed by atoms with van der Waals surface area (Å²) in [7, 11) is 0. The number of rotatable bonds is 2. The van der Waals surface area contributed by atoms with E-state index in [2.05, 4.69) is 52.2 Å². The zero-order valence-corrected chi connectivity index (χ0v) is 11.9. The number of benzene rings is 1. The molecule has 0 atom stereocenters. The molecule has 20 heavy (non-hydrogen) atoms. The number of fused-ring (bicyclic) bond motifs is 3. The highest BCUT2D eigenvalue weighted by Gasteiger charge is 2.12. The summed E-state index contributed by atoms with van der Waals surface area (Å²) in [5.41, 5.74) is 2.25. The van der Waals surface area contributed by atoms with Gasteiger partial charge in [-0.15, -0.1) is 11.3 Å². The summed E-state index contributed by atoms with van der Waals surface area (Å²) in [6, 6.07) is 12.5. The quantitative estimate of drug-likeness (QED) is 0.546. The molecule has 1 aromatic carbocycles. The number of para-hydroxylation sites is 1. The summed E-state index contributed by atoms with van der Waals surface area (Å²) >= 11 is 1.67. The van der Waals surface area contributed by atoms with Crippen LogP contribution in [0.5, 0.6) is 0 Å². The monoisotopic (exact) mass is 279 g/mol. The van der Waals surface area contributed by atoms with Crippen molar-refractivity contribution in [3.8, 4) is 10.7 Å². The Labute approximate surface area is 120 Å². The highest BCUT2D eigenvalue weighted by molar-refractivity contribution is 7.13. The number of nitrogens with zero attached hydrogens (tertiary/aromatic N) is 3. The average Bonchev–Trinajstić information content (AvgIpc) is 3.12. The van der Waals surface area contributed by atoms with Gasteiger partial charge in [-0.3, -0.25) is 0 Å². The van der Waals surface area contributed by atoms with Crippen LogP contribution in [0, 0.1) is 0 Å². The summed E-state index contributed by atoms with van der Waals surface area (Å²) in [5.74, 6) is 0.810. The second-order valence-electron chi connectivity index (χ2n) is 4.67. The Morgan fingerprint density at radius 2 is 2.00 bits per heavy atom. The van der Waals surface area contributed by atoms with Crippen molar-refractivity contribution in [3.05, 3.63) is 48.0 Å². The third kappa shape index (κ3) is 1.58. The van der Waals surface area contributed by atoms with E-state index >= 15 is 0 Å². The molecule has 0 aliphatic heterocycles. The lowest BCUT2D eigenvalue weighted by atomic mass is 10.2. The van der Waals surface area contributed by atoms with Gasteiger partial charge < -0.3 is 4.57 Å². The fourth-order valence-electron chi connectivity index (χ4n) is 2.66. The van der Waals surface area contributed by atoms with Crippen molar-refractivity contribution in [2.45, 2.75) is 13.5 Å². The molecule has 4 heteroatoms. The summed E-state index contributed by atoms with van der Waals surface area (Å²) in [5, 5.41) is 4.41. The van der Waals surface area contributed by atoms with E-state index in [4.69, 9.17) is 4.98 Å². The number of thiophene rings is 1. The van der Waals surface area contributed by atoms with Crippen molar-refractivity contribution < 1.29 is 0 Å². The standard InChI is InChI=1S/C16H13N3S/c1-2-19-13-7-4-3-6-11(13)12-10-17-15(18-16(12)19)14-8-5-9-20-14/h3-10H,2H2,1H3. The third-order valence-corrected chi connectivity index (χ3v) is 4.43. The molecule has 4 aromatic rings. The van der Waals surface area contributed by atoms with Gasteiger partial charge in [0.15, 0.2) is 5.82 Å². The van der Waals surface area contributed by atoms with Crippen LogP contribution in [0.15, 0.2) is 48.0 Å². The first-order valence-electron chi connectivity index (χ1n) is 6.66. The SMILES string of the molecule is CCn1c2ccccc2c2cnc(-c3cccs3)nc21. The van der Waals surface area contributed by atoms with Gasteiger partial charge in [-0.05, 0) is 24.4 Å². The molecular formula is C16H13N3S. The number of hydrogen-bond donors (Lipinski definition) is 0. The van der Waals surface area contributed by atoms with Crippen molar-refractivity contribution in [2.24, 2.45) is 0 Å². The molecule has 4 rings (SSSR count). The second kappa shape index (κ2) is 4.42. The Morgan fingerprint density at radius 1 is 1.10 bits per heavy atom. The lowest BCUT2D eigenvalue weighted by Gasteiger charge is -2.02. The van der Waals surface area contributed by atoms with Crippen molar-refractivity contribution in [2.75, 3.05) is 0 Å². The summed E-state index contributed by atoms with van der Waals surface area (Å²) in [6.45, 7) is 3.06. The maximum absolute atomic E-state index is 4.79. The Balaban J connectivity index is 2.09. The fourth-order valence-corrected chi connectivity index (χ4v) is 3.33. The van der Waals surface area contributed by atoms with Crippen molar-refractivity contribution in [3.63, 3.8) is 0 Å². The Bertz CT molecular complexity index is 891. The van der Waals surface area contributed by atoms with Gasteiger partial charge >= 0.3 is 0 Å². The van der Waals surface area contributed by atoms with Gasteiger partial charge in [0.25, 0.3) is 0 Å². The minimum absolute atomic E-state index is 0.810. The maximum atomic E-state index is 4.79. The van der Waals surface area contributed by atoms with Gasteiger partial charge in [-0.25, -0.2) is 9.97 Å². The van der Waals surface area contributed by atoms with Crippen LogP contribution in [-0.2, 0) is 6.54 Å². The largest absolute Gasteiger partial charge is 0.325 e. The van der Waals surface area contributed by atoms with Gasteiger partial charge in [0.1, 0.15) is 5.65 Å². The first-order valence-corrected chi connectivity index (χ1v) is 7.54. The first kappa shape index (κ1) is 11.6. The summed E-state index contributed by atoms with van der Waals surface area (Å²) in [6.07, 6.45) is 1.95.